The van der Waals surface area contributed by atoms with Gasteiger partial charge in [0.15, 0.2) is 17.4 Å². The fourth-order valence-corrected chi connectivity index (χ4v) is 0.963. The van der Waals surface area contributed by atoms with E-state index in [9.17, 15) is 22.7 Å². The van der Waals surface area contributed by atoms with Gasteiger partial charge in [-0.25, -0.2) is 13.9 Å². The van der Waals surface area contributed by atoms with Crippen LogP contribution in [0.15, 0.2) is 0 Å². The summed E-state index contributed by atoms with van der Waals surface area (Å²) in [6, 6.07) is 0. The number of rotatable bonds is 2. The largest absolute Gasteiger partial charge is 0.491 e. The maximum atomic E-state index is 12.8. The molecule has 0 saturated heterocycles. The van der Waals surface area contributed by atoms with Crippen molar-refractivity contribution in [1.29, 1.82) is 0 Å². The molecule has 0 aliphatic rings. The molecule has 0 spiro atoms. The fraction of sp³-hybridized carbons (Fsp3) is 0.250. The molecule has 1 aromatic carbocycles. The molecular formula is C8H5F4O2. The van der Waals surface area contributed by atoms with Crippen molar-refractivity contribution < 1.29 is 27.4 Å². The first kappa shape index (κ1) is 10.8. The van der Waals surface area contributed by atoms with Gasteiger partial charge < -0.3 is 4.74 Å². The Morgan fingerprint density at radius 3 is 1.71 bits per heavy atom. The molecule has 0 saturated carbocycles. The second-order valence-electron chi connectivity index (χ2n) is 2.41. The third-order valence-corrected chi connectivity index (χ3v) is 1.66. The lowest BCUT2D eigenvalue weighted by molar-refractivity contribution is 0.166. The van der Waals surface area contributed by atoms with Crippen LogP contribution in [0.2, 0.25) is 0 Å². The summed E-state index contributed by atoms with van der Waals surface area (Å²) in [4.78, 5) is 0. The molecular weight excluding hydrogens is 204 g/mol. The lowest BCUT2D eigenvalue weighted by Crippen LogP contribution is -2.05. The molecule has 1 radical (unpaired) electrons. The number of ether oxygens (including phenoxy) is 1. The quantitative estimate of drug-likeness (QED) is 0.542. The molecule has 6 heteroatoms. The van der Waals surface area contributed by atoms with Gasteiger partial charge in [-0.05, 0) is 0 Å². The van der Waals surface area contributed by atoms with Crippen molar-refractivity contribution in [1.82, 2.24) is 0 Å². The Labute approximate surface area is 76.7 Å². The van der Waals surface area contributed by atoms with Crippen LogP contribution in [0.4, 0.5) is 17.6 Å². The summed E-state index contributed by atoms with van der Waals surface area (Å²) in [6.45, 7) is -1.38. The maximum absolute atomic E-state index is 12.8. The summed E-state index contributed by atoms with van der Waals surface area (Å²) < 4.78 is 55.5. The van der Waals surface area contributed by atoms with Gasteiger partial charge in [0.05, 0.1) is 12.7 Å². The van der Waals surface area contributed by atoms with E-state index in [0.717, 1.165) is 7.11 Å². The molecule has 0 amide bonds. The third-order valence-electron chi connectivity index (χ3n) is 1.66. The van der Waals surface area contributed by atoms with Gasteiger partial charge in [0.2, 0.25) is 11.6 Å². The van der Waals surface area contributed by atoms with Crippen molar-refractivity contribution in [3.05, 3.63) is 28.8 Å². The number of methoxy groups -OCH3 is 1. The molecule has 0 unspecified atom stereocenters. The minimum Gasteiger partial charge on any atom is -0.491 e. The molecule has 0 bridgehead atoms. The zero-order chi connectivity index (χ0) is 10.9. The summed E-state index contributed by atoms with van der Waals surface area (Å²) >= 11 is 0. The van der Waals surface area contributed by atoms with Gasteiger partial charge in [0.1, 0.15) is 6.61 Å². The summed E-state index contributed by atoms with van der Waals surface area (Å²) in [5.41, 5.74) is -1.17. The lowest BCUT2D eigenvalue weighted by Gasteiger charge is -2.08. The van der Waals surface area contributed by atoms with Crippen molar-refractivity contribution >= 4 is 0 Å². The average molecular weight is 209 g/mol. The standard InChI is InChI=1S/C8H5F4O2/c1-14-8-6(11)4(9)3(2-13)5(10)7(8)12/h2H2,1H3. The molecule has 0 N–H and O–H groups in total. The molecule has 0 atom stereocenters. The van der Waals surface area contributed by atoms with Crippen molar-refractivity contribution in [2.45, 2.75) is 6.61 Å². The first-order chi connectivity index (χ1) is 6.54. The van der Waals surface area contributed by atoms with E-state index in [1.165, 1.54) is 0 Å². The second kappa shape index (κ2) is 3.83. The molecule has 14 heavy (non-hydrogen) atoms. The zero-order valence-electron chi connectivity index (χ0n) is 7.04. The third kappa shape index (κ3) is 1.41. The van der Waals surface area contributed by atoms with Gasteiger partial charge in [-0.1, -0.05) is 0 Å². The van der Waals surface area contributed by atoms with Crippen molar-refractivity contribution in [2.75, 3.05) is 7.11 Å². The van der Waals surface area contributed by atoms with Gasteiger partial charge in [-0.15, -0.1) is 0 Å². The van der Waals surface area contributed by atoms with Gasteiger partial charge in [0, 0.05) is 0 Å². The van der Waals surface area contributed by atoms with Crippen LogP contribution >= 0.6 is 0 Å². The topological polar surface area (TPSA) is 29.1 Å². The maximum Gasteiger partial charge on any atom is 0.204 e. The Kier molecular flexibility index (Phi) is 2.95. The number of benzene rings is 1. The van der Waals surface area contributed by atoms with Crippen LogP contribution in [0.5, 0.6) is 5.75 Å². The van der Waals surface area contributed by atoms with E-state index in [1.807, 2.05) is 0 Å². The van der Waals surface area contributed by atoms with Gasteiger partial charge in [-0.3, -0.25) is 0 Å². The van der Waals surface area contributed by atoms with Crippen molar-refractivity contribution in [2.24, 2.45) is 0 Å². The highest BCUT2D eigenvalue weighted by atomic mass is 19.2. The normalized spacial score (nSPS) is 10.4. The Morgan fingerprint density at radius 1 is 1.00 bits per heavy atom. The van der Waals surface area contributed by atoms with E-state index in [2.05, 4.69) is 4.74 Å². The second-order valence-corrected chi connectivity index (χ2v) is 2.41. The predicted molar refractivity (Wildman–Crippen MR) is 37.2 cm³/mol. The summed E-state index contributed by atoms with van der Waals surface area (Å²) in [7, 11) is 0.858. The Bertz CT molecular complexity index is 301. The van der Waals surface area contributed by atoms with Crippen molar-refractivity contribution in [3.63, 3.8) is 0 Å². The molecule has 0 aliphatic heterocycles. The van der Waals surface area contributed by atoms with Crippen LogP contribution in [-0.4, -0.2) is 7.11 Å². The van der Waals surface area contributed by atoms with Crippen LogP contribution in [0.3, 0.4) is 0 Å². The van der Waals surface area contributed by atoms with Gasteiger partial charge in [-0.2, -0.15) is 8.78 Å². The summed E-state index contributed by atoms with van der Waals surface area (Å²) in [5, 5.41) is 10.2. The fourth-order valence-electron chi connectivity index (χ4n) is 0.963. The Balaban J connectivity index is 3.55. The van der Waals surface area contributed by atoms with E-state index in [4.69, 9.17) is 0 Å². The molecule has 0 aliphatic carbocycles. The highest BCUT2D eigenvalue weighted by Gasteiger charge is 2.25. The van der Waals surface area contributed by atoms with Crippen LogP contribution in [0.1, 0.15) is 5.56 Å². The molecule has 77 valence electrons. The number of halogens is 4. The highest BCUT2D eigenvalue weighted by molar-refractivity contribution is 5.34. The predicted octanol–water partition coefficient (Wildman–Crippen LogP) is 2.18. The average Bonchev–Trinajstić information content (AvgIpc) is 2.17. The number of hydrogen-bond donors (Lipinski definition) is 0. The SMILES string of the molecule is COc1c(F)c(F)c(C[O])c(F)c1F. The van der Waals surface area contributed by atoms with Gasteiger partial charge in [0.25, 0.3) is 0 Å². The molecule has 1 aromatic rings. The van der Waals surface area contributed by atoms with E-state index in [0.29, 0.717) is 0 Å². The number of hydrogen-bond acceptors (Lipinski definition) is 1. The molecule has 0 aromatic heterocycles. The van der Waals surface area contributed by atoms with Crippen LogP contribution in [-0.2, 0) is 11.7 Å². The first-order valence-electron chi connectivity index (χ1n) is 3.51. The van der Waals surface area contributed by atoms with E-state index >= 15 is 0 Å². The smallest absolute Gasteiger partial charge is 0.204 e. The van der Waals surface area contributed by atoms with E-state index in [1.54, 1.807) is 0 Å². The van der Waals surface area contributed by atoms with Crippen molar-refractivity contribution in [3.8, 4) is 5.75 Å². The highest BCUT2D eigenvalue weighted by Crippen LogP contribution is 2.29. The van der Waals surface area contributed by atoms with Gasteiger partial charge >= 0.3 is 0 Å². The Morgan fingerprint density at radius 2 is 1.43 bits per heavy atom. The van der Waals surface area contributed by atoms with E-state index in [-0.39, 0.29) is 0 Å². The summed E-state index contributed by atoms with van der Waals surface area (Å²) in [5.74, 6) is -7.99. The molecule has 2 nitrogen and oxygen atoms in total. The van der Waals surface area contributed by atoms with Crippen LogP contribution in [0, 0.1) is 23.3 Å². The van der Waals surface area contributed by atoms with Crippen LogP contribution < -0.4 is 4.74 Å². The van der Waals surface area contributed by atoms with E-state index < -0.39 is 41.2 Å². The molecule has 0 heterocycles. The first-order valence-corrected chi connectivity index (χ1v) is 3.51. The lowest BCUT2D eigenvalue weighted by atomic mass is 10.2. The monoisotopic (exact) mass is 209 g/mol. The minimum atomic E-state index is -1.71. The summed E-state index contributed by atoms with van der Waals surface area (Å²) in [6.07, 6.45) is 0. The Hall–Kier alpha value is -1.30. The zero-order valence-corrected chi connectivity index (χ0v) is 7.04. The minimum absolute atomic E-state index is 0.858. The molecule has 0 fully saturated rings. The molecule has 1 rings (SSSR count). The van der Waals surface area contributed by atoms with Crippen LogP contribution in [0.25, 0.3) is 0 Å².